The van der Waals surface area contributed by atoms with Crippen LogP contribution < -0.4 is 15.5 Å². The van der Waals surface area contributed by atoms with Crippen LogP contribution in [0.4, 0.5) is 17.2 Å². The average molecular weight is 384 g/mol. The number of nitrogens with one attached hydrogen (secondary N) is 2. The molecule has 3 rings (SSSR count). The van der Waals surface area contributed by atoms with Crippen LogP contribution >= 0.6 is 0 Å². The summed E-state index contributed by atoms with van der Waals surface area (Å²) in [5.74, 6) is 0.243. The van der Waals surface area contributed by atoms with E-state index >= 15 is 0 Å². The molecule has 2 aromatic rings. The number of aryl methyl sites for hydroxylation is 1. The van der Waals surface area contributed by atoms with E-state index in [0.717, 1.165) is 49.3 Å². The van der Waals surface area contributed by atoms with Crippen molar-refractivity contribution < 1.29 is 9.59 Å². The minimum Gasteiger partial charge on any atom is -0.372 e. The van der Waals surface area contributed by atoms with Crippen molar-refractivity contribution in [3.05, 3.63) is 30.0 Å². The maximum absolute atomic E-state index is 12.4. The highest BCUT2D eigenvalue weighted by Crippen LogP contribution is 2.27. The molecule has 1 heterocycles. The number of hydrogen-bond acceptors (Lipinski definition) is 5. The number of anilines is 3. The Morgan fingerprint density at radius 3 is 2.57 bits per heavy atom. The molecule has 2 amide bonds. The van der Waals surface area contributed by atoms with Crippen LogP contribution in [0.3, 0.4) is 0 Å². The fourth-order valence-electron chi connectivity index (χ4n) is 3.24. The molecule has 0 bridgehead atoms. The summed E-state index contributed by atoms with van der Waals surface area (Å²) < 4.78 is 1.42. The molecular weight excluding hydrogens is 356 g/mol. The third kappa shape index (κ3) is 4.68. The van der Waals surface area contributed by atoms with E-state index in [4.69, 9.17) is 0 Å². The monoisotopic (exact) mass is 384 g/mol. The highest BCUT2D eigenvalue weighted by atomic mass is 16.2. The number of rotatable bonds is 8. The number of benzene rings is 1. The molecule has 0 saturated heterocycles. The molecule has 0 unspecified atom stereocenters. The summed E-state index contributed by atoms with van der Waals surface area (Å²) in [6.45, 7) is 8.13. The normalized spacial score (nSPS) is 13.7. The van der Waals surface area contributed by atoms with Gasteiger partial charge in [0.05, 0.1) is 6.20 Å². The van der Waals surface area contributed by atoms with Crippen molar-refractivity contribution in [1.29, 1.82) is 0 Å². The van der Waals surface area contributed by atoms with Crippen LogP contribution in [-0.2, 0) is 16.1 Å². The number of carbonyl (C=O) groups excluding carboxylic acids is 2. The van der Waals surface area contributed by atoms with Crippen molar-refractivity contribution in [3.63, 3.8) is 0 Å². The van der Waals surface area contributed by atoms with Crippen LogP contribution in [-0.4, -0.2) is 39.9 Å². The third-order valence-electron chi connectivity index (χ3n) is 5.18. The Kier molecular flexibility index (Phi) is 6.28. The molecule has 1 fully saturated rings. The second-order valence-electron chi connectivity index (χ2n) is 7.14. The summed E-state index contributed by atoms with van der Waals surface area (Å²) in [5.41, 5.74) is 2.92. The molecule has 0 radical (unpaired) electrons. The Morgan fingerprint density at radius 2 is 1.96 bits per heavy atom. The topological polar surface area (TPSA) is 92.2 Å². The fourth-order valence-corrected chi connectivity index (χ4v) is 3.24. The van der Waals surface area contributed by atoms with Crippen molar-refractivity contribution in [2.75, 3.05) is 28.6 Å². The standard InChI is InChI=1S/C20H28N6O2/c1-4-25(5-2)16-9-10-17(14(3)11-16)21-19(27)13-26-12-18(23-24-26)22-20(28)15-7-6-8-15/h9-12,15H,4-8,13H2,1-3H3,(H,21,27)(H,22,28). The van der Waals surface area contributed by atoms with Crippen molar-refractivity contribution >= 4 is 29.0 Å². The second kappa shape index (κ2) is 8.86. The zero-order chi connectivity index (χ0) is 20.1. The molecule has 1 aliphatic carbocycles. The molecule has 0 aliphatic heterocycles. The van der Waals surface area contributed by atoms with Gasteiger partial charge >= 0.3 is 0 Å². The van der Waals surface area contributed by atoms with Gasteiger partial charge in [-0.2, -0.15) is 0 Å². The van der Waals surface area contributed by atoms with Gasteiger partial charge in [0, 0.05) is 30.4 Å². The molecule has 1 aromatic heterocycles. The molecule has 0 spiro atoms. The third-order valence-corrected chi connectivity index (χ3v) is 5.18. The Morgan fingerprint density at radius 1 is 1.21 bits per heavy atom. The Hall–Kier alpha value is -2.90. The summed E-state index contributed by atoms with van der Waals surface area (Å²) in [4.78, 5) is 26.6. The highest BCUT2D eigenvalue weighted by Gasteiger charge is 2.25. The van der Waals surface area contributed by atoms with Gasteiger partial charge in [0.15, 0.2) is 5.82 Å². The molecule has 1 saturated carbocycles. The first-order valence-electron chi connectivity index (χ1n) is 9.86. The SMILES string of the molecule is CCN(CC)c1ccc(NC(=O)Cn2cc(NC(=O)C3CCC3)nn2)c(C)c1. The number of aromatic nitrogens is 3. The highest BCUT2D eigenvalue weighted by molar-refractivity contribution is 5.93. The van der Waals surface area contributed by atoms with Gasteiger partial charge in [-0.15, -0.1) is 5.10 Å². The predicted molar refractivity (Wildman–Crippen MR) is 109 cm³/mol. The van der Waals surface area contributed by atoms with E-state index in [1.54, 1.807) is 6.20 Å². The summed E-state index contributed by atoms with van der Waals surface area (Å²) in [5, 5.41) is 13.5. The van der Waals surface area contributed by atoms with Crippen LogP contribution in [0.1, 0.15) is 38.7 Å². The minimum atomic E-state index is -0.194. The molecule has 8 heteroatoms. The van der Waals surface area contributed by atoms with Gasteiger partial charge in [-0.05, 0) is 57.4 Å². The number of hydrogen-bond donors (Lipinski definition) is 2. The quantitative estimate of drug-likeness (QED) is 0.730. The summed E-state index contributed by atoms with van der Waals surface area (Å²) in [6, 6.07) is 6.01. The summed E-state index contributed by atoms with van der Waals surface area (Å²) in [7, 11) is 0. The van der Waals surface area contributed by atoms with Gasteiger partial charge in [-0.1, -0.05) is 11.6 Å². The Labute approximate surface area is 165 Å². The molecule has 8 nitrogen and oxygen atoms in total. The predicted octanol–water partition coefficient (Wildman–Crippen LogP) is 2.81. The smallest absolute Gasteiger partial charge is 0.246 e. The van der Waals surface area contributed by atoms with E-state index in [1.165, 1.54) is 4.68 Å². The van der Waals surface area contributed by atoms with Crippen LogP contribution in [0, 0.1) is 12.8 Å². The van der Waals surface area contributed by atoms with E-state index < -0.39 is 0 Å². The van der Waals surface area contributed by atoms with Gasteiger partial charge in [-0.25, -0.2) is 4.68 Å². The Bertz CT molecular complexity index is 839. The van der Waals surface area contributed by atoms with E-state index in [0.29, 0.717) is 5.82 Å². The van der Waals surface area contributed by atoms with E-state index in [-0.39, 0.29) is 24.3 Å². The van der Waals surface area contributed by atoms with Crippen molar-refractivity contribution in [2.24, 2.45) is 5.92 Å². The largest absolute Gasteiger partial charge is 0.372 e. The fraction of sp³-hybridized carbons (Fsp3) is 0.500. The molecule has 1 aliphatic rings. The van der Waals surface area contributed by atoms with Crippen LogP contribution in [0.2, 0.25) is 0 Å². The van der Waals surface area contributed by atoms with Gasteiger partial charge in [0.2, 0.25) is 11.8 Å². The summed E-state index contributed by atoms with van der Waals surface area (Å²) >= 11 is 0. The van der Waals surface area contributed by atoms with Crippen LogP contribution in [0.5, 0.6) is 0 Å². The van der Waals surface area contributed by atoms with Gasteiger partial charge in [0.1, 0.15) is 6.54 Å². The Balaban J connectivity index is 1.56. The van der Waals surface area contributed by atoms with Gasteiger partial charge < -0.3 is 15.5 Å². The zero-order valence-electron chi connectivity index (χ0n) is 16.7. The molecule has 2 N–H and O–H groups in total. The van der Waals surface area contributed by atoms with E-state index in [9.17, 15) is 9.59 Å². The first-order chi connectivity index (χ1) is 13.5. The first-order valence-corrected chi connectivity index (χ1v) is 9.86. The van der Waals surface area contributed by atoms with Gasteiger partial charge in [-0.3, -0.25) is 9.59 Å². The lowest BCUT2D eigenvalue weighted by molar-refractivity contribution is -0.122. The number of amides is 2. The van der Waals surface area contributed by atoms with Crippen LogP contribution in [0.15, 0.2) is 24.4 Å². The van der Waals surface area contributed by atoms with E-state index in [2.05, 4.69) is 45.8 Å². The van der Waals surface area contributed by atoms with Crippen LogP contribution in [0.25, 0.3) is 0 Å². The molecule has 0 atom stereocenters. The van der Waals surface area contributed by atoms with Crippen molar-refractivity contribution in [2.45, 2.75) is 46.6 Å². The van der Waals surface area contributed by atoms with E-state index in [1.807, 2.05) is 19.1 Å². The van der Waals surface area contributed by atoms with Gasteiger partial charge in [0.25, 0.3) is 0 Å². The lowest BCUT2D eigenvalue weighted by Gasteiger charge is -2.23. The molecule has 150 valence electrons. The zero-order valence-corrected chi connectivity index (χ0v) is 16.7. The maximum Gasteiger partial charge on any atom is 0.246 e. The lowest BCUT2D eigenvalue weighted by Crippen LogP contribution is -2.28. The lowest BCUT2D eigenvalue weighted by atomic mass is 9.85. The maximum atomic E-state index is 12.4. The van der Waals surface area contributed by atoms with Crippen molar-refractivity contribution in [3.8, 4) is 0 Å². The minimum absolute atomic E-state index is 0.0216. The molecular formula is C20H28N6O2. The van der Waals surface area contributed by atoms with Crippen molar-refractivity contribution in [1.82, 2.24) is 15.0 Å². The average Bonchev–Trinajstić information content (AvgIpc) is 3.03. The second-order valence-corrected chi connectivity index (χ2v) is 7.14. The molecule has 28 heavy (non-hydrogen) atoms. The first kappa shape index (κ1) is 19.9. The molecule has 1 aromatic carbocycles. The number of nitrogens with zero attached hydrogens (tertiary/aromatic N) is 4. The number of carbonyl (C=O) groups is 2. The summed E-state index contributed by atoms with van der Waals surface area (Å²) in [6.07, 6.45) is 4.52.